The van der Waals surface area contributed by atoms with Gasteiger partial charge in [0.15, 0.2) is 0 Å². The standard InChI is InChI=1S/C13H26N2O2S/c1-18(16,17)14-9-5-11-15-10-4-8-13(15)12-6-2-3-7-12/h12-14H,2-11H2,1H3. The predicted molar refractivity (Wildman–Crippen MR) is 74.0 cm³/mol. The smallest absolute Gasteiger partial charge is 0.208 e. The highest BCUT2D eigenvalue weighted by Crippen LogP contribution is 2.35. The van der Waals surface area contributed by atoms with Gasteiger partial charge in [-0.2, -0.15) is 0 Å². The van der Waals surface area contributed by atoms with E-state index in [0.29, 0.717) is 6.54 Å². The summed E-state index contributed by atoms with van der Waals surface area (Å²) >= 11 is 0. The van der Waals surface area contributed by atoms with E-state index in [1.165, 1.54) is 51.3 Å². The summed E-state index contributed by atoms with van der Waals surface area (Å²) in [6, 6.07) is 0.783. The molecule has 1 aliphatic carbocycles. The van der Waals surface area contributed by atoms with Gasteiger partial charge in [0.25, 0.3) is 0 Å². The number of hydrogen-bond donors (Lipinski definition) is 1. The molecule has 1 saturated heterocycles. The van der Waals surface area contributed by atoms with Crippen LogP contribution in [0.2, 0.25) is 0 Å². The first-order valence-corrected chi connectivity index (χ1v) is 9.14. The van der Waals surface area contributed by atoms with Gasteiger partial charge in [-0.25, -0.2) is 13.1 Å². The van der Waals surface area contributed by atoms with E-state index in [1.807, 2.05) is 0 Å². The maximum Gasteiger partial charge on any atom is 0.208 e. The fourth-order valence-corrected chi connectivity index (χ4v) is 4.06. The number of hydrogen-bond acceptors (Lipinski definition) is 3. The van der Waals surface area contributed by atoms with Gasteiger partial charge in [0, 0.05) is 12.6 Å². The first-order valence-electron chi connectivity index (χ1n) is 7.25. The second kappa shape index (κ2) is 6.35. The number of nitrogens with one attached hydrogen (secondary N) is 1. The summed E-state index contributed by atoms with van der Waals surface area (Å²) in [5.41, 5.74) is 0. The minimum Gasteiger partial charge on any atom is -0.300 e. The van der Waals surface area contributed by atoms with Crippen molar-refractivity contribution in [2.45, 2.75) is 51.0 Å². The molecular weight excluding hydrogens is 248 g/mol. The van der Waals surface area contributed by atoms with E-state index in [9.17, 15) is 8.42 Å². The Bertz CT molecular complexity index is 350. The second-order valence-corrected chi connectivity index (χ2v) is 7.64. The molecule has 1 saturated carbocycles. The average molecular weight is 274 g/mol. The van der Waals surface area contributed by atoms with E-state index in [4.69, 9.17) is 0 Å². The molecule has 1 atom stereocenters. The molecule has 0 aromatic carbocycles. The Labute approximate surface area is 111 Å². The zero-order valence-electron chi connectivity index (χ0n) is 11.4. The maximum atomic E-state index is 11.0. The molecule has 1 heterocycles. The first-order chi connectivity index (χ1) is 8.56. The molecule has 0 aromatic rings. The van der Waals surface area contributed by atoms with Crippen LogP contribution in [0.4, 0.5) is 0 Å². The quantitative estimate of drug-likeness (QED) is 0.748. The minimum absolute atomic E-state index is 0.576. The number of sulfonamides is 1. The lowest BCUT2D eigenvalue weighted by Gasteiger charge is -2.29. The third-order valence-electron chi connectivity index (χ3n) is 4.34. The van der Waals surface area contributed by atoms with E-state index in [2.05, 4.69) is 9.62 Å². The summed E-state index contributed by atoms with van der Waals surface area (Å²) in [7, 11) is -3.02. The number of rotatable bonds is 6. The molecule has 0 spiro atoms. The third-order valence-corrected chi connectivity index (χ3v) is 5.07. The molecule has 0 aromatic heterocycles. The van der Waals surface area contributed by atoms with Crippen LogP contribution in [0.25, 0.3) is 0 Å². The van der Waals surface area contributed by atoms with Gasteiger partial charge >= 0.3 is 0 Å². The van der Waals surface area contributed by atoms with Gasteiger partial charge in [-0.1, -0.05) is 12.8 Å². The van der Waals surface area contributed by atoms with Gasteiger partial charge < -0.3 is 4.90 Å². The Kier molecular flexibility index (Phi) is 5.04. The molecule has 2 rings (SSSR count). The van der Waals surface area contributed by atoms with Crippen molar-refractivity contribution < 1.29 is 8.42 Å². The lowest BCUT2D eigenvalue weighted by molar-refractivity contribution is 0.189. The topological polar surface area (TPSA) is 49.4 Å². The van der Waals surface area contributed by atoms with E-state index in [-0.39, 0.29) is 0 Å². The van der Waals surface area contributed by atoms with Crippen molar-refractivity contribution in [3.8, 4) is 0 Å². The molecule has 1 aliphatic heterocycles. The van der Waals surface area contributed by atoms with Gasteiger partial charge in [0.1, 0.15) is 0 Å². The Hall–Kier alpha value is -0.130. The van der Waals surface area contributed by atoms with Gasteiger partial charge in [-0.3, -0.25) is 0 Å². The van der Waals surface area contributed by atoms with Gasteiger partial charge in [-0.15, -0.1) is 0 Å². The Morgan fingerprint density at radius 3 is 2.56 bits per heavy atom. The molecule has 2 fully saturated rings. The second-order valence-electron chi connectivity index (χ2n) is 5.81. The highest BCUT2D eigenvalue weighted by atomic mass is 32.2. The first kappa shape index (κ1) is 14.3. The minimum atomic E-state index is -3.02. The lowest BCUT2D eigenvalue weighted by atomic mass is 9.96. The van der Waals surface area contributed by atoms with Crippen LogP contribution < -0.4 is 4.72 Å². The molecule has 1 N–H and O–H groups in total. The van der Waals surface area contributed by atoms with Crippen LogP contribution in [-0.2, 0) is 10.0 Å². The predicted octanol–water partition coefficient (Wildman–Crippen LogP) is 1.58. The molecule has 106 valence electrons. The van der Waals surface area contributed by atoms with Crippen LogP contribution in [0.15, 0.2) is 0 Å². The molecular formula is C13H26N2O2S. The summed E-state index contributed by atoms with van der Waals surface area (Å²) in [6.45, 7) is 2.83. The lowest BCUT2D eigenvalue weighted by Crippen LogP contribution is -2.36. The summed E-state index contributed by atoms with van der Waals surface area (Å²) in [5, 5.41) is 0. The maximum absolute atomic E-state index is 11.0. The van der Waals surface area contributed by atoms with E-state index in [1.54, 1.807) is 0 Å². The van der Waals surface area contributed by atoms with Crippen molar-refractivity contribution in [3.63, 3.8) is 0 Å². The van der Waals surface area contributed by atoms with Crippen LogP contribution in [0.3, 0.4) is 0 Å². The molecule has 5 heteroatoms. The van der Waals surface area contributed by atoms with Crippen LogP contribution in [-0.4, -0.2) is 45.2 Å². The zero-order valence-corrected chi connectivity index (χ0v) is 12.2. The summed E-state index contributed by atoms with van der Waals surface area (Å²) < 4.78 is 24.5. The van der Waals surface area contributed by atoms with Gasteiger partial charge in [0.05, 0.1) is 6.26 Å². The van der Waals surface area contributed by atoms with Gasteiger partial charge in [-0.05, 0) is 51.1 Å². The Balaban J connectivity index is 1.71. The van der Waals surface area contributed by atoms with Crippen molar-refractivity contribution in [2.24, 2.45) is 5.92 Å². The highest BCUT2D eigenvalue weighted by Gasteiger charge is 2.32. The van der Waals surface area contributed by atoms with Crippen molar-refractivity contribution in [1.29, 1.82) is 0 Å². The van der Waals surface area contributed by atoms with Crippen molar-refractivity contribution in [3.05, 3.63) is 0 Å². The normalized spacial score (nSPS) is 27.1. The molecule has 18 heavy (non-hydrogen) atoms. The molecule has 2 aliphatic rings. The number of nitrogens with zero attached hydrogens (tertiary/aromatic N) is 1. The number of likely N-dealkylation sites (tertiary alicyclic amines) is 1. The van der Waals surface area contributed by atoms with Crippen molar-refractivity contribution >= 4 is 10.0 Å². The van der Waals surface area contributed by atoms with Crippen LogP contribution in [0, 0.1) is 5.92 Å². The summed E-state index contributed by atoms with van der Waals surface area (Å²) in [4.78, 5) is 2.60. The molecule has 0 bridgehead atoms. The van der Waals surface area contributed by atoms with Crippen LogP contribution in [0.1, 0.15) is 44.9 Å². The van der Waals surface area contributed by atoms with E-state index in [0.717, 1.165) is 24.9 Å². The SMILES string of the molecule is CS(=O)(=O)NCCCN1CCCC1C1CCCC1. The average Bonchev–Trinajstić information content (AvgIpc) is 2.93. The fraction of sp³-hybridized carbons (Fsp3) is 1.00. The molecule has 0 amide bonds. The summed E-state index contributed by atoms with van der Waals surface area (Å²) in [5.74, 6) is 0.912. The van der Waals surface area contributed by atoms with Gasteiger partial charge in [0.2, 0.25) is 10.0 Å². The zero-order chi connectivity index (χ0) is 13.0. The Morgan fingerprint density at radius 2 is 1.89 bits per heavy atom. The van der Waals surface area contributed by atoms with Crippen LogP contribution in [0.5, 0.6) is 0 Å². The fourth-order valence-electron chi connectivity index (χ4n) is 3.55. The van der Waals surface area contributed by atoms with Crippen LogP contribution >= 0.6 is 0 Å². The highest BCUT2D eigenvalue weighted by molar-refractivity contribution is 7.88. The third kappa shape index (κ3) is 4.21. The van der Waals surface area contributed by atoms with Crippen molar-refractivity contribution in [2.75, 3.05) is 25.9 Å². The van der Waals surface area contributed by atoms with E-state index >= 15 is 0 Å². The van der Waals surface area contributed by atoms with Crippen molar-refractivity contribution in [1.82, 2.24) is 9.62 Å². The molecule has 0 radical (unpaired) electrons. The van der Waals surface area contributed by atoms with E-state index < -0.39 is 10.0 Å². The Morgan fingerprint density at radius 1 is 1.17 bits per heavy atom. The monoisotopic (exact) mass is 274 g/mol. The largest absolute Gasteiger partial charge is 0.300 e. The molecule has 1 unspecified atom stereocenters. The summed E-state index contributed by atoms with van der Waals surface area (Å²) in [6.07, 6.45) is 10.5. The molecule has 4 nitrogen and oxygen atoms in total.